The highest BCUT2D eigenvalue weighted by molar-refractivity contribution is 7.18. The molecule has 3 aromatic heterocycles. The molecule has 4 aromatic rings. The van der Waals surface area contributed by atoms with E-state index in [9.17, 15) is 0 Å². The highest BCUT2D eigenvalue weighted by Crippen LogP contribution is 2.34. The van der Waals surface area contributed by atoms with E-state index < -0.39 is 0 Å². The lowest BCUT2D eigenvalue weighted by molar-refractivity contribution is 0.774. The second kappa shape index (κ2) is 6.37. The van der Waals surface area contributed by atoms with Crippen LogP contribution < -0.4 is 0 Å². The number of aromatic amines is 1. The summed E-state index contributed by atoms with van der Waals surface area (Å²) >= 11 is 1.62. The molecule has 0 aliphatic carbocycles. The Morgan fingerprint density at radius 2 is 2.00 bits per heavy atom. The van der Waals surface area contributed by atoms with E-state index in [0.717, 1.165) is 39.9 Å². The molecule has 3 heterocycles. The third kappa shape index (κ3) is 2.85. The van der Waals surface area contributed by atoms with Crippen LogP contribution in [0.1, 0.15) is 11.3 Å². The van der Waals surface area contributed by atoms with Gasteiger partial charge in [0.25, 0.3) is 0 Å². The minimum absolute atomic E-state index is 0.768. The van der Waals surface area contributed by atoms with Gasteiger partial charge in [-0.3, -0.25) is 4.68 Å². The van der Waals surface area contributed by atoms with Gasteiger partial charge in [0.15, 0.2) is 5.82 Å². The minimum Gasteiger partial charge on any atom is -0.327 e. The molecule has 6 nitrogen and oxygen atoms in total. The Bertz CT molecular complexity index is 923. The Labute approximate surface area is 143 Å². The van der Waals surface area contributed by atoms with Gasteiger partial charge < -0.3 is 4.98 Å². The molecule has 1 aromatic carbocycles. The summed E-state index contributed by atoms with van der Waals surface area (Å²) in [4.78, 5) is 8.99. The van der Waals surface area contributed by atoms with Crippen LogP contribution in [0.25, 0.3) is 21.4 Å². The zero-order valence-electron chi connectivity index (χ0n) is 13.2. The molecule has 0 spiro atoms. The maximum absolute atomic E-state index is 4.85. The minimum atomic E-state index is 0.768. The smallest absolute Gasteiger partial charge is 0.173 e. The van der Waals surface area contributed by atoms with Gasteiger partial charge in [-0.15, -0.1) is 21.5 Å². The van der Waals surface area contributed by atoms with Crippen molar-refractivity contribution in [2.24, 2.45) is 7.05 Å². The molecule has 1 N–H and O–H groups in total. The Balaban J connectivity index is 1.69. The first-order valence-electron chi connectivity index (χ1n) is 7.69. The van der Waals surface area contributed by atoms with Crippen LogP contribution in [-0.4, -0.2) is 29.9 Å². The first-order valence-corrected chi connectivity index (χ1v) is 8.51. The van der Waals surface area contributed by atoms with E-state index in [0.29, 0.717) is 0 Å². The van der Waals surface area contributed by atoms with Crippen LogP contribution in [-0.2, 0) is 19.9 Å². The van der Waals surface area contributed by atoms with Gasteiger partial charge in [0.2, 0.25) is 0 Å². The molecule has 0 bridgehead atoms. The van der Waals surface area contributed by atoms with E-state index in [1.807, 2.05) is 23.9 Å². The summed E-state index contributed by atoms with van der Waals surface area (Å²) in [5.74, 6) is 0.768. The Kier molecular flexibility index (Phi) is 3.92. The van der Waals surface area contributed by atoms with Gasteiger partial charge in [0, 0.05) is 13.2 Å². The number of thiazole rings is 1. The number of aromatic nitrogens is 6. The van der Waals surface area contributed by atoms with Crippen molar-refractivity contribution in [1.29, 1.82) is 0 Å². The van der Waals surface area contributed by atoms with Crippen LogP contribution >= 0.6 is 11.3 Å². The van der Waals surface area contributed by atoms with E-state index in [4.69, 9.17) is 4.98 Å². The quantitative estimate of drug-likeness (QED) is 0.608. The first-order chi connectivity index (χ1) is 11.8. The van der Waals surface area contributed by atoms with Gasteiger partial charge in [-0.1, -0.05) is 30.3 Å². The molecule has 0 saturated carbocycles. The fourth-order valence-corrected chi connectivity index (χ4v) is 3.74. The monoisotopic (exact) mass is 336 g/mol. The number of hydrogen-bond donors (Lipinski definition) is 1. The molecule has 0 aliphatic heterocycles. The van der Waals surface area contributed by atoms with Crippen LogP contribution in [0.3, 0.4) is 0 Å². The summed E-state index contributed by atoms with van der Waals surface area (Å²) in [6.07, 6.45) is 5.18. The van der Waals surface area contributed by atoms with Crippen molar-refractivity contribution in [1.82, 2.24) is 29.9 Å². The summed E-state index contributed by atoms with van der Waals surface area (Å²) in [5.41, 5.74) is 3.35. The van der Waals surface area contributed by atoms with Crippen molar-refractivity contribution >= 4 is 11.3 Å². The normalized spacial score (nSPS) is 11.0. The molecule has 120 valence electrons. The zero-order chi connectivity index (χ0) is 16.4. The van der Waals surface area contributed by atoms with Crippen LogP contribution in [0.2, 0.25) is 0 Å². The van der Waals surface area contributed by atoms with Gasteiger partial charge in [-0.2, -0.15) is 5.10 Å². The lowest BCUT2D eigenvalue weighted by Gasteiger charge is -2.01. The summed E-state index contributed by atoms with van der Waals surface area (Å²) in [5, 5.41) is 13.2. The average Bonchev–Trinajstić information content (AvgIpc) is 3.34. The molecule has 4 rings (SSSR count). The van der Waals surface area contributed by atoms with E-state index in [2.05, 4.69) is 44.5 Å². The van der Waals surface area contributed by atoms with Crippen molar-refractivity contribution in [3.63, 3.8) is 0 Å². The molecule has 24 heavy (non-hydrogen) atoms. The van der Waals surface area contributed by atoms with Crippen LogP contribution in [0.15, 0.2) is 48.9 Å². The van der Waals surface area contributed by atoms with Crippen molar-refractivity contribution in [2.75, 3.05) is 0 Å². The molecule has 0 atom stereocenters. The fourth-order valence-electron chi connectivity index (χ4n) is 2.62. The topological polar surface area (TPSA) is 72.3 Å². The third-order valence-electron chi connectivity index (χ3n) is 3.86. The molecular weight excluding hydrogens is 320 g/mol. The molecule has 0 saturated heterocycles. The molecular formula is C17H16N6S. The number of aryl methyl sites for hydroxylation is 3. The SMILES string of the molecule is Cn1nccc1-c1nc(CCc2ccccc2)c(-c2nnc[nH]2)s1. The molecule has 7 heteroatoms. The Hall–Kier alpha value is -2.80. The fraction of sp³-hybridized carbons (Fsp3) is 0.176. The Morgan fingerprint density at radius 3 is 2.71 bits per heavy atom. The van der Waals surface area contributed by atoms with Crippen molar-refractivity contribution in [3.05, 3.63) is 60.2 Å². The zero-order valence-corrected chi connectivity index (χ0v) is 14.0. The average molecular weight is 336 g/mol. The molecule has 0 radical (unpaired) electrons. The van der Waals surface area contributed by atoms with Crippen molar-refractivity contribution < 1.29 is 0 Å². The maximum atomic E-state index is 4.85. The highest BCUT2D eigenvalue weighted by Gasteiger charge is 2.18. The van der Waals surface area contributed by atoms with Gasteiger partial charge in [0.1, 0.15) is 11.3 Å². The predicted octanol–water partition coefficient (Wildman–Crippen LogP) is 3.11. The Morgan fingerprint density at radius 1 is 1.12 bits per heavy atom. The van der Waals surface area contributed by atoms with E-state index in [1.54, 1.807) is 23.9 Å². The second-order valence-corrected chi connectivity index (χ2v) is 6.46. The highest BCUT2D eigenvalue weighted by atomic mass is 32.1. The number of hydrogen-bond acceptors (Lipinski definition) is 5. The molecule has 0 amide bonds. The maximum Gasteiger partial charge on any atom is 0.173 e. The number of H-pyrrole nitrogens is 1. The van der Waals surface area contributed by atoms with Crippen LogP contribution in [0.4, 0.5) is 0 Å². The number of nitrogens with one attached hydrogen (secondary N) is 1. The van der Waals surface area contributed by atoms with Gasteiger partial charge in [-0.25, -0.2) is 4.98 Å². The van der Waals surface area contributed by atoms with Crippen LogP contribution in [0.5, 0.6) is 0 Å². The first kappa shape index (κ1) is 14.8. The van der Waals surface area contributed by atoms with Crippen molar-refractivity contribution in [3.8, 4) is 21.4 Å². The van der Waals surface area contributed by atoms with E-state index in [-0.39, 0.29) is 0 Å². The number of rotatable bonds is 5. The molecule has 0 fully saturated rings. The lowest BCUT2D eigenvalue weighted by atomic mass is 10.1. The standard InChI is InChI=1S/C17H16N6S/c1-23-14(9-10-20-23)17-21-13(8-7-12-5-3-2-4-6-12)15(24-17)16-18-11-19-22-16/h2-6,9-11H,7-8H2,1H3,(H,18,19,22). The lowest BCUT2D eigenvalue weighted by Crippen LogP contribution is -1.96. The predicted molar refractivity (Wildman–Crippen MR) is 93.5 cm³/mol. The van der Waals surface area contributed by atoms with E-state index >= 15 is 0 Å². The third-order valence-corrected chi connectivity index (χ3v) is 4.99. The number of benzene rings is 1. The van der Waals surface area contributed by atoms with Crippen LogP contribution in [0, 0.1) is 0 Å². The largest absolute Gasteiger partial charge is 0.327 e. The number of nitrogens with zero attached hydrogens (tertiary/aromatic N) is 5. The van der Waals surface area contributed by atoms with Crippen molar-refractivity contribution in [2.45, 2.75) is 12.8 Å². The molecule has 0 aliphatic rings. The van der Waals surface area contributed by atoms with Gasteiger partial charge >= 0.3 is 0 Å². The summed E-state index contributed by atoms with van der Waals surface area (Å²) < 4.78 is 1.84. The molecule has 0 unspecified atom stereocenters. The van der Waals surface area contributed by atoms with E-state index in [1.165, 1.54) is 5.56 Å². The van der Waals surface area contributed by atoms with Gasteiger partial charge in [-0.05, 0) is 24.5 Å². The summed E-state index contributed by atoms with van der Waals surface area (Å²) in [7, 11) is 1.93. The van der Waals surface area contributed by atoms with Gasteiger partial charge in [0.05, 0.1) is 16.3 Å². The summed E-state index contributed by atoms with van der Waals surface area (Å²) in [6, 6.07) is 12.4. The second-order valence-electron chi connectivity index (χ2n) is 5.46. The summed E-state index contributed by atoms with van der Waals surface area (Å²) in [6.45, 7) is 0.